The standard InChI is InChI=1S/C54H64N8O6/c1-66-54(65)60-49(39-15-7-4-8-16-39)53(64)62-45-20-12-10-18-41(45)30-47(62)51-56-32-43(59-51)37-27-23-35(24-28-37)34-21-25-36(26-22-34)42-31-55-50(58-42)46-29-40-17-9-11-19-44(40)61(46)52(63)48(57-33-68-67-2)38-13-5-3-6-14-38/h3-8,13-16,21-22,25-26,31-33,35,37,40-41,44-49H,9-12,17-20,23-24,27-30H2,1-2H3,(H,55,58)(H,56,59)(H,60,65)/t35?,37?,40-,41-,44-,45-,46-,47-,48+,49+/m0/s1. The predicted octanol–water partition coefficient (Wildman–Crippen LogP) is 10.4. The fourth-order valence-electron chi connectivity index (χ4n) is 12.6. The van der Waals surface area contributed by atoms with Crippen molar-refractivity contribution in [2.75, 3.05) is 14.2 Å². The highest BCUT2D eigenvalue weighted by atomic mass is 17.2. The van der Waals surface area contributed by atoms with Crippen molar-refractivity contribution in [2.24, 2.45) is 16.8 Å². The van der Waals surface area contributed by atoms with Crippen LogP contribution in [0.4, 0.5) is 4.79 Å². The molecule has 2 saturated heterocycles. The van der Waals surface area contributed by atoms with Gasteiger partial charge in [-0.1, -0.05) is 111 Å². The van der Waals surface area contributed by atoms with Crippen LogP contribution in [0.3, 0.4) is 0 Å². The number of alkyl carbamates (subject to hydrolysis) is 1. The van der Waals surface area contributed by atoms with Crippen LogP contribution in [0.1, 0.15) is 160 Å². The summed E-state index contributed by atoms with van der Waals surface area (Å²) in [7, 11) is 2.74. The highest BCUT2D eigenvalue weighted by Gasteiger charge is 2.49. The Bertz CT molecular complexity index is 2520. The third kappa shape index (κ3) is 9.31. The van der Waals surface area contributed by atoms with Gasteiger partial charge in [-0.2, -0.15) is 4.89 Å². The van der Waals surface area contributed by atoms with Crippen molar-refractivity contribution in [2.45, 2.75) is 138 Å². The van der Waals surface area contributed by atoms with Crippen LogP contribution in [0.2, 0.25) is 0 Å². The molecule has 0 unspecified atom stereocenters. The predicted molar refractivity (Wildman–Crippen MR) is 257 cm³/mol. The Kier molecular flexibility index (Phi) is 13.7. The number of imidazole rings is 2. The minimum absolute atomic E-state index is 0.0509. The van der Waals surface area contributed by atoms with E-state index in [0.717, 1.165) is 117 Å². The molecule has 3 amide bonds. The smallest absolute Gasteiger partial charge is 0.407 e. The topological polar surface area (TPSA) is 167 Å². The quantitative estimate of drug-likeness (QED) is 0.0454. The number of likely N-dealkylation sites (tertiary alicyclic amines) is 2. The lowest BCUT2D eigenvalue weighted by Gasteiger charge is -2.36. The van der Waals surface area contributed by atoms with Crippen molar-refractivity contribution < 1.29 is 28.9 Å². The summed E-state index contributed by atoms with van der Waals surface area (Å²) in [4.78, 5) is 77.5. The van der Waals surface area contributed by atoms with E-state index in [1.165, 1.54) is 39.0 Å². The first-order chi connectivity index (χ1) is 33.4. The third-order valence-corrected chi connectivity index (χ3v) is 15.9. The molecule has 68 heavy (non-hydrogen) atoms. The van der Waals surface area contributed by atoms with E-state index in [0.29, 0.717) is 23.7 Å². The molecule has 0 bridgehead atoms. The van der Waals surface area contributed by atoms with E-state index < -0.39 is 18.2 Å². The zero-order chi connectivity index (χ0) is 46.6. The van der Waals surface area contributed by atoms with E-state index in [-0.39, 0.29) is 36.0 Å². The fraction of sp³-hybridized carbons (Fsp3) is 0.481. The first-order valence-electron chi connectivity index (χ1n) is 24.9. The number of benzene rings is 3. The highest BCUT2D eigenvalue weighted by Crippen LogP contribution is 2.49. The molecule has 4 heterocycles. The van der Waals surface area contributed by atoms with Gasteiger partial charge in [0.2, 0.25) is 6.40 Å². The maximum Gasteiger partial charge on any atom is 0.407 e. The SMILES string of the molecule is COOC=N[C@@H](C(=O)N1[C@H](c2ncc(-c3ccc(C4CCC(c5cnc([C@@H]6C[C@@H]7CCCC[C@@H]7N6C(=O)[C@H](NC(=O)OC)c6ccccc6)[nH]5)CC4)cc3)[nH]2)C[C@@H]2CCCC[C@@H]21)c1ccccc1. The number of hydrogen-bond acceptors (Lipinski definition) is 9. The van der Waals surface area contributed by atoms with E-state index >= 15 is 0 Å². The highest BCUT2D eigenvalue weighted by molar-refractivity contribution is 5.88. The molecule has 3 aliphatic carbocycles. The number of aromatic nitrogens is 4. The Morgan fingerprint density at radius 3 is 1.88 bits per heavy atom. The van der Waals surface area contributed by atoms with Gasteiger partial charge < -0.3 is 34.7 Å². The second kappa shape index (κ2) is 20.5. The van der Waals surface area contributed by atoms with E-state index in [4.69, 9.17) is 24.5 Å². The molecule has 5 aromatic rings. The third-order valence-electron chi connectivity index (χ3n) is 15.9. The lowest BCUT2D eigenvalue weighted by molar-refractivity contribution is -0.188. The molecule has 3 aromatic carbocycles. The van der Waals surface area contributed by atoms with Gasteiger partial charge in [-0.3, -0.25) is 9.59 Å². The average Bonchev–Trinajstić information content (AvgIpc) is 4.23. The summed E-state index contributed by atoms with van der Waals surface area (Å²) in [5, 5.41) is 2.84. The normalized spacial score (nSPS) is 26.7. The fourth-order valence-corrected chi connectivity index (χ4v) is 12.6. The Labute approximate surface area is 398 Å². The van der Waals surface area contributed by atoms with Crippen molar-refractivity contribution in [1.82, 2.24) is 35.1 Å². The van der Waals surface area contributed by atoms with Crippen LogP contribution in [-0.4, -0.2) is 80.3 Å². The van der Waals surface area contributed by atoms with Crippen LogP contribution in [0.25, 0.3) is 11.3 Å². The molecule has 3 N–H and O–H groups in total. The van der Waals surface area contributed by atoms with Crippen LogP contribution in [0.5, 0.6) is 0 Å². The molecule has 8 atom stereocenters. The van der Waals surface area contributed by atoms with Gasteiger partial charge in [0.25, 0.3) is 11.8 Å². The number of amides is 3. The molecular weight excluding hydrogens is 857 g/mol. The minimum Gasteiger partial charge on any atom is -0.453 e. The summed E-state index contributed by atoms with van der Waals surface area (Å²) in [5.41, 5.74) is 6.03. The number of carbonyl (C=O) groups is 3. The van der Waals surface area contributed by atoms with Gasteiger partial charge in [0.1, 0.15) is 17.7 Å². The van der Waals surface area contributed by atoms with E-state index in [9.17, 15) is 14.4 Å². The van der Waals surface area contributed by atoms with Crippen LogP contribution in [0.15, 0.2) is 102 Å². The number of hydrogen-bond donors (Lipinski definition) is 3. The van der Waals surface area contributed by atoms with E-state index in [2.05, 4.69) is 49.4 Å². The van der Waals surface area contributed by atoms with Crippen LogP contribution in [0, 0.1) is 11.8 Å². The number of aromatic amines is 2. The average molecular weight is 921 g/mol. The molecule has 2 aromatic heterocycles. The molecule has 14 nitrogen and oxygen atoms in total. The van der Waals surface area contributed by atoms with Gasteiger partial charge in [-0.25, -0.2) is 19.8 Å². The summed E-state index contributed by atoms with van der Waals surface area (Å²) in [5.74, 6) is 3.13. The minimum atomic E-state index is -0.852. The lowest BCUT2D eigenvalue weighted by atomic mass is 9.77. The first-order valence-corrected chi connectivity index (χ1v) is 24.9. The number of methoxy groups -OCH3 is 1. The summed E-state index contributed by atoms with van der Waals surface area (Å²) in [6.07, 6.45) is 19.1. The van der Waals surface area contributed by atoms with Crippen molar-refractivity contribution in [3.8, 4) is 11.3 Å². The second-order valence-electron chi connectivity index (χ2n) is 19.6. The number of aliphatic imine (C=N–C) groups is 1. The molecule has 5 aliphatic rings. The molecule has 5 fully saturated rings. The van der Waals surface area contributed by atoms with Crippen molar-refractivity contribution in [3.63, 3.8) is 0 Å². The Morgan fingerprint density at radius 2 is 1.25 bits per heavy atom. The molecule has 0 radical (unpaired) electrons. The second-order valence-corrected chi connectivity index (χ2v) is 19.6. The van der Waals surface area contributed by atoms with Crippen molar-refractivity contribution in [3.05, 3.63) is 131 Å². The summed E-state index contributed by atoms with van der Waals surface area (Å²) < 4.78 is 4.97. The number of nitrogens with one attached hydrogen (secondary N) is 3. The zero-order valence-electron chi connectivity index (χ0n) is 39.2. The Balaban J connectivity index is 0.804. The molecule has 14 heteroatoms. The van der Waals surface area contributed by atoms with Crippen LogP contribution < -0.4 is 5.32 Å². The molecular formula is C54H64N8O6. The number of nitrogens with zero attached hydrogens (tertiary/aromatic N) is 5. The monoisotopic (exact) mass is 920 g/mol. The first kappa shape index (κ1) is 45.5. The van der Waals surface area contributed by atoms with Crippen LogP contribution >= 0.6 is 0 Å². The lowest BCUT2D eigenvalue weighted by Crippen LogP contribution is -2.47. The van der Waals surface area contributed by atoms with Crippen molar-refractivity contribution in [1.29, 1.82) is 0 Å². The van der Waals surface area contributed by atoms with Gasteiger partial charge >= 0.3 is 6.09 Å². The largest absolute Gasteiger partial charge is 0.453 e. The number of carbonyl (C=O) groups excluding carboxylic acids is 3. The van der Waals surface area contributed by atoms with Gasteiger partial charge in [-0.05, 0) is 104 Å². The van der Waals surface area contributed by atoms with Gasteiger partial charge in [0, 0.05) is 29.9 Å². The van der Waals surface area contributed by atoms with Gasteiger partial charge in [0.05, 0.1) is 38.2 Å². The van der Waals surface area contributed by atoms with Gasteiger partial charge in [0.15, 0.2) is 6.04 Å². The Hall–Kier alpha value is -6.28. The van der Waals surface area contributed by atoms with E-state index in [1.54, 1.807) is 0 Å². The molecule has 2 aliphatic heterocycles. The Morgan fingerprint density at radius 1 is 0.676 bits per heavy atom. The number of rotatable bonds is 13. The van der Waals surface area contributed by atoms with E-state index in [1.807, 2.05) is 78.0 Å². The van der Waals surface area contributed by atoms with Crippen LogP contribution in [-0.2, 0) is 24.1 Å². The molecule has 3 saturated carbocycles. The zero-order valence-corrected chi connectivity index (χ0v) is 39.2. The number of H-pyrrole nitrogens is 2. The summed E-state index contributed by atoms with van der Waals surface area (Å²) in [6, 6.07) is 26.3. The number of ether oxygens (including phenoxy) is 1. The molecule has 10 rings (SSSR count). The number of fused-ring (bicyclic) bond motifs is 2. The van der Waals surface area contributed by atoms with Gasteiger partial charge in [-0.15, -0.1) is 0 Å². The summed E-state index contributed by atoms with van der Waals surface area (Å²) >= 11 is 0. The maximum atomic E-state index is 14.6. The molecule has 356 valence electrons. The van der Waals surface area contributed by atoms with Crippen molar-refractivity contribution >= 4 is 24.3 Å². The molecule has 0 spiro atoms. The summed E-state index contributed by atoms with van der Waals surface area (Å²) in [6.45, 7) is 0. The maximum absolute atomic E-state index is 14.6.